The number of aliphatic carboxylic acids is 2. The number of carboxylic acid groups (broad SMARTS) is 2. The standard InChI is InChI=1S/C17H29N5O9/c1-3-7(2)13(22-14(27)8(18)6-23)16(29)20-9(5-12(25)26)15(28)21-10(17(30)31)4-11(19)24/h7-10,13,23H,3-6,18H2,1-2H3,(H2,19,24)(H,20,29)(H,21,28)(H,22,27)(H,25,26)(H,30,31). The van der Waals surface area contributed by atoms with Gasteiger partial charge in [0.25, 0.3) is 0 Å². The average molecular weight is 447 g/mol. The fourth-order valence-electron chi connectivity index (χ4n) is 2.36. The Morgan fingerprint density at radius 3 is 1.84 bits per heavy atom. The summed E-state index contributed by atoms with van der Waals surface area (Å²) >= 11 is 0. The molecular weight excluding hydrogens is 418 g/mol. The van der Waals surface area contributed by atoms with Gasteiger partial charge in [-0.25, -0.2) is 4.79 Å². The molecule has 10 N–H and O–H groups in total. The molecule has 31 heavy (non-hydrogen) atoms. The Labute approximate surface area is 177 Å². The molecule has 0 rings (SSSR count). The van der Waals surface area contributed by atoms with Crippen LogP contribution in [0.25, 0.3) is 0 Å². The van der Waals surface area contributed by atoms with Crippen molar-refractivity contribution in [3.05, 3.63) is 0 Å². The minimum atomic E-state index is -1.73. The largest absolute Gasteiger partial charge is 0.481 e. The van der Waals surface area contributed by atoms with E-state index >= 15 is 0 Å². The van der Waals surface area contributed by atoms with Crippen molar-refractivity contribution < 1.29 is 44.1 Å². The summed E-state index contributed by atoms with van der Waals surface area (Å²) in [5, 5.41) is 33.5. The van der Waals surface area contributed by atoms with E-state index in [1.165, 1.54) is 0 Å². The van der Waals surface area contributed by atoms with Gasteiger partial charge in [0.15, 0.2) is 0 Å². The Kier molecular flexibility index (Phi) is 11.7. The summed E-state index contributed by atoms with van der Waals surface area (Å²) in [6, 6.07) is -5.97. The summed E-state index contributed by atoms with van der Waals surface area (Å²) in [5.41, 5.74) is 10.3. The van der Waals surface area contributed by atoms with Crippen LogP contribution in [0, 0.1) is 5.92 Å². The summed E-state index contributed by atoms with van der Waals surface area (Å²) in [4.78, 5) is 70.3. The number of hydrogen-bond acceptors (Lipinski definition) is 8. The molecule has 0 aliphatic carbocycles. The van der Waals surface area contributed by atoms with Crippen LogP contribution in [0.3, 0.4) is 0 Å². The van der Waals surface area contributed by atoms with Crippen LogP contribution >= 0.6 is 0 Å². The number of aliphatic hydroxyl groups is 1. The fraction of sp³-hybridized carbons (Fsp3) is 0.647. The maximum atomic E-state index is 12.7. The maximum absolute atomic E-state index is 12.7. The first-order chi connectivity index (χ1) is 14.3. The topological polar surface area (TPSA) is 251 Å². The van der Waals surface area contributed by atoms with Crippen LogP contribution in [0.4, 0.5) is 0 Å². The average Bonchev–Trinajstić information content (AvgIpc) is 2.68. The molecule has 0 heterocycles. The number of carbonyl (C=O) groups is 6. The van der Waals surface area contributed by atoms with E-state index < -0.39 is 85.1 Å². The molecule has 14 nitrogen and oxygen atoms in total. The highest BCUT2D eigenvalue weighted by molar-refractivity contribution is 5.96. The van der Waals surface area contributed by atoms with E-state index in [4.69, 9.17) is 26.8 Å². The van der Waals surface area contributed by atoms with E-state index in [0.29, 0.717) is 6.42 Å². The first kappa shape index (κ1) is 27.7. The smallest absolute Gasteiger partial charge is 0.326 e. The van der Waals surface area contributed by atoms with Crippen molar-refractivity contribution in [2.24, 2.45) is 17.4 Å². The van der Waals surface area contributed by atoms with Gasteiger partial charge in [0.05, 0.1) is 19.4 Å². The lowest BCUT2D eigenvalue weighted by atomic mass is 9.97. The summed E-state index contributed by atoms with van der Waals surface area (Å²) in [6.45, 7) is 2.64. The first-order valence-corrected chi connectivity index (χ1v) is 9.34. The van der Waals surface area contributed by atoms with Crippen LogP contribution in [-0.4, -0.2) is 81.7 Å². The van der Waals surface area contributed by atoms with Crippen LogP contribution in [0.5, 0.6) is 0 Å². The van der Waals surface area contributed by atoms with Crippen LogP contribution < -0.4 is 27.4 Å². The minimum absolute atomic E-state index is 0.405. The van der Waals surface area contributed by atoms with Crippen molar-refractivity contribution in [3.63, 3.8) is 0 Å². The molecule has 0 radical (unpaired) electrons. The third-order valence-electron chi connectivity index (χ3n) is 4.36. The zero-order valence-electron chi connectivity index (χ0n) is 17.2. The van der Waals surface area contributed by atoms with Gasteiger partial charge in [-0.1, -0.05) is 20.3 Å². The molecule has 0 bridgehead atoms. The molecule has 5 unspecified atom stereocenters. The number of hydrogen-bond donors (Lipinski definition) is 8. The zero-order valence-corrected chi connectivity index (χ0v) is 17.2. The van der Waals surface area contributed by atoms with Crippen molar-refractivity contribution in [2.45, 2.75) is 57.3 Å². The Morgan fingerprint density at radius 2 is 1.42 bits per heavy atom. The predicted molar refractivity (Wildman–Crippen MR) is 104 cm³/mol. The first-order valence-electron chi connectivity index (χ1n) is 9.34. The van der Waals surface area contributed by atoms with Crippen LogP contribution in [-0.2, 0) is 28.8 Å². The molecule has 4 amide bonds. The summed E-state index contributed by atoms with van der Waals surface area (Å²) in [6.07, 6.45) is -1.25. The van der Waals surface area contributed by atoms with Gasteiger partial charge in [0.2, 0.25) is 23.6 Å². The maximum Gasteiger partial charge on any atom is 0.326 e. The van der Waals surface area contributed by atoms with Crippen LogP contribution in [0.1, 0.15) is 33.1 Å². The second kappa shape index (κ2) is 13.1. The molecule has 176 valence electrons. The molecule has 0 aromatic rings. The molecule has 14 heteroatoms. The molecule has 5 atom stereocenters. The molecule has 0 aromatic carbocycles. The highest BCUT2D eigenvalue weighted by Gasteiger charge is 2.33. The van der Waals surface area contributed by atoms with E-state index in [2.05, 4.69) is 10.6 Å². The summed E-state index contributed by atoms with van der Waals surface area (Å²) in [5.74, 6) is -7.49. The lowest BCUT2D eigenvalue weighted by Gasteiger charge is -2.27. The molecule has 0 spiro atoms. The summed E-state index contributed by atoms with van der Waals surface area (Å²) < 4.78 is 0. The van der Waals surface area contributed by atoms with Gasteiger partial charge >= 0.3 is 11.9 Å². The van der Waals surface area contributed by atoms with Crippen LogP contribution in [0.2, 0.25) is 0 Å². The van der Waals surface area contributed by atoms with E-state index in [1.807, 2.05) is 5.32 Å². The molecule has 0 fully saturated rings. The number of amides is 4. The third-order valence-corrected chi connectivity index (χ3v) is 4.36. The van der Waals surface area contributed by atoms with Gasteiger partial charge in [-0.15, -0.1) is 0 Å². The van der Waals surface area contributed by atoms with Crippen LogP contribution in [0.15, 0.2) is 0 Å². The van der Waals surface area contributed by atoms with Gasteiger partial charge in [0.1, 0.15) is 24.2 Å². The van der Waals surface area contributed by atoms with Crippen molar-refractivity contribution in [1.82, 2.24) is 16.0 Å². The molecule has 0 aliphatic rings. The zero-order chi connectivity index (χ0) is 24.3. The fourth-order valence-corrected chi connectivity index (χ4v) is 2.36. The number of rotatable bonds is 14. The Morgan fingerprint density at radius 1 is 0.871 bits per heavy atom. The van der Waals surface area contributed by atoms with Crippen molar-refractivity contribution >= 4 is 35.6 Å². The number of carbonyl (C=O) groups excluding carboxylic acids is 4. The number of nitrogens with two attached hydrogens (primary N) is 2. The van der Waals surface area contributed by atoms with Gasteiger partial charge in [-0.2, -0.15) is 0 Å². The van der Waals surface area contributed by atoms with E-state index in [1.54, 1.807) is 13.8 Å². The molecule has 0 aliphatic heterocycles. The monoisotopic (exact) mass is 447 g/mol. The van der Waals surface area contributed by atoms with E-state index in [9.17, 15) is 28.8 Å². The predicted octanol–water partition coefficient (Wildman–Crippen LogP) is -3.76. The number of aliphatic hydroxyl groups excluding tert-OH is 1. The Balaban J connectivity index is 5.56. The van der Waals surface area contributed by atoms with Gasteiger partial charge in [0, 0.05) is 0 Å². The van der Waals surface area contributed by atoms with Crippen molar-refractivity contribution in [3.8, 4) is 0 Å². The Hall–Kier alpha value is -3.26. The highest BCUT2D eigenvalue weighted by Crippen LogP contribution is 2.09. The lowest BCUT2D eigenvalue weighted by Crippen LogP contribution is -2.59. The summed E-state index contributed by atoms with van der Waals surface area (Å²) in [7, 11) is 0. The molecule has 0 saturated carbocycles. The molecular formula is C17H29N5O9. The third kappa shape index (κ3) is 9.86. The number of carboxylic acids is 2. The Bertz CT molecular complexity index is 699. The van der Waals surface area contributed by atoms with Crippen molar-refractivity contribution in [2.75, 3.05) is 6.61 Å². The van der Waals surface area contributed by atoms with Gasteiger partial charge in [-0.05, 0) is 5.92 Å². The van der Waals surface area contributed by atoms with E-state index in [0.717, 1.165) is 0 Å². The second-order valence-corrected chi connectivity index (χ2v) is 6.89. The lowest BCUT2D eigenvalue weighted by molar-refractivity contribution is -0.145. The number of nitrogens with one attached hydrogen (secondary N) is 3. The molecule has 0 aromatic heterocycles. The quantitative estimate of drug-likeness (QED) is 0.129. The highest BCUT2D eigenvalue weighted by atomic mass is 16.4. The second-order valence-electron chi connectivity index (χ2n) is 6.89. The van der Waals surface area contributed by atoms with Gasteiger partial charge < -0.3 is 42.7 Å². The molecule has 0 saturated heterocycles. The normalized spacial score (nSPS) is 15.5. The van der Waals surface area contributed by atoms with E-state index in [-0.39, 0.29) is 0 Å². The number of primary amides is 1. The van der Waals surface area contributed by atoms with Gasteiger partial charge in [-0.3, -0.25) is 24.0 Å². The SMILES string of the molecule is CCC(C)C(NC(=O)C(N)CO)C(=O)NC(CC(=O)O)C(=O)NC(CC(N)=O)C(=O)O. The van der Waals surface area contributed by atoms with Crippen molar-refractivity contribution in [1.29, 1.82) is 0 Å². The minimum Gasteiger partial charge on any atom is -0.481 e.